The Morgan fingerprint density at radius 1 is 0.964 bits per heavy atom. The second-order valence-electron chi connectivity index (χ2n) is 6.65. The summed E-state index contributed by atoms with van der Waals surface area (Å²) in [6.45, 7) is 1.70. The van der Waals surface area contributed by atoms with Crippen molar-refractivity contribution in [3.8, 4) is 11.3 Å². The van der Waals surface area contributed by atoms with E-state index >= 15 is 0 Å². The van der Waals surface area contributed by atoms with Crippen molar-refractivity contribution in [2.75, 3.05) is 26.3 Å². The molecule has 1 fully saturated rings. The molecule has 2 aromatic carbocycles. The molecule has 0 amide bonds. The number of thiazole rings is 1. The lowest BCUT2D eigenvalue weighted by Crippen LogP contribution is -2.40. The van der Waals surface area contributed by atoms with Gasteiger partial charge in [0.1, 0.15) is 0 Å². The number of nitrogens with zero attached hydrogens (tertiary/aromatic N) is 2. The molecule has 146 valence electrons. The Hall–Kier alpha value is -2.06. The van der Waals surface area contributed by atoms with Gasteiger partial charge in [0.05, 0.1) is 28.8 Å². The molecule has 0 atom stereocenters. The van der Waals surface area contributed by atoms with Gasteiger partial charge in [0.25, 0.3) is 0 Å². The van der Waals surface area contributed by atoms with Crippen LogP contribution >= 0.6 is 11.3 Å². The first-order valence-electron chi connectivity index (χ1n) is 9.29. The van der Waals surface area contributed by atoms with E-state index in [2.05, 4.69) is 24.3 Å². The molecule has 0 bridgehead atoms. The molecule has 5 nitrogen and oxygen atoms in total. The average molecular weight is 415 g/mol. The van der Waals surface area contributed by atoms with Gasteiger partial charge in [-0.1, -0.05) is 42.5 Å². The highest BCUT2D eigenvalue weighted by atomic mass is 32.2. The van der Waals surface area contributed by atoms with E-state index in [-0.39, 0.29) is 0 Å². The van der Waals surface area contributed by atoms with Crippen molar-refractivity contribution in [2.24, 2.45) is 0 Å². The second-order valence-corrected chi connectivity index (χ2v) is 9.53. The Balaban J connectivity index is 1.45. The SMILES string of the molecule is O=S(=O)(c1ccc(-c2csc(CCc3ccccc3)n2)cc1)N1CCOCC1. The molecule has 0 aliphatic carbocycles. The fourth-order valence-corrected chi connectivity index (χ4v) is 5.40. The molecule has 0 unspecified atom stereocenters. The monoisotopic (exact) mass is 414 g/mol. The lowest BCUT2D eigenvalue weighted by atomic mass is 10.1. The number of ether oxygens (including phenoxy) is 1. The Bertz CT molecular complexity index is 1010. The van der Waals surface area contributed by atoms with Gasteiger partial charge in [0, 0.05) is 30.5 Å². The summed E-state index contributed by atoms with van der Waals surface area (Å²) in [7, 11) is -3.46. The minimum absolute atomic E-state index is 0.317. The van der Waals surface area contributed by atoms with Gasteiger partial charge in [0.2, 0.25) is 10.0 Å². The van der Waals surface area contributed by atoms with Crippen LogP contribution in [-0.4, -0.2) is 44.0 Å². The van der Waals surface area contributed by atoms with E-state index in [9.17, 15) is 8.42 Å². The van der Waals surface area contributed by atoms with E-state index in [0.717, 1.165) is 29.1 Å². The van der Waals surface area contributed by atoms with E-state index in [1.807, 2.05) is 23.6 Å². The molecule has 1 saturated heterocycles. The standard InChI is InChI=1S/C21H22N2O3S2/c24-28(25,23-12-14-26-15-13-23)19-9-7-18(8-10-19)20-16-27-21(22-20)11-6-17-4-2-1-3-5-17/h1-5,7-10,16H,6,11-15H2. The summed E-state index contributed by atoms with van der Waals surface area (Å²) < 4.78 is 32.2. The van der Waals surface area contributed by atoms with E-state index < -0.39 is 10.0 Å². The molecule has 0 N–H and O–H groups in total. The molecular weight excluding hydrogens is 392 g/mol. The van der Waals surface area contributed by atoms with Crippen molar-refractivity contribution in [1.29, 1.82) is 0 Å². The minimum Gasteiger partial charge on any atom is -0.379 e. The van der Waals surface area contributed by atoms with Crippen LogP contribution in [0.2, 0.25) is 0 Å². The molecule has 2 heterocycles. The summed E-state index contributed by atoms with van der Waals surface area (Å²) in [5, 5.41) is 3.12. The Kier molecular flexibility index (Phi) is 5.87. The summed E-state index contributed by atoms with van der Waals surface area (Å²) in [6, 6.07) is 17.4. The van der Waals surface area contributed by atoms with Crippen molar-refractivity contribution in [3.63, 3.8) is 0 Å². The van der Waals surface area contributed by atoms with E-state index in [0.29, 0.717) is 31.2 Å². The Labute approximate surface area is 169 Å². The van der Waals surface area contributed by atoms with Gasteiger partial charge in [-0.2, -0.15) is 4.31 Å². The first-order valence-corrected chi connectivity index (χ1v) is 11.6. The third-order valence-electron chi connectivity index (χ3n) is 4.78. The highest BCUT2D eigenvalue weighted by Crippen LogP contribution is 2.25. The number of hydrogen-bond donors (Lipinski definition) is 0. The van der Waals surface area contributed by atoms with Crippen molar-refractivity contribution >= 4 is 21.4 Å². The van der Waals surface area contributed by atoms with Crippen LogP contribution in [0.4, 0.5) is 0 Å². The van der Waals surface area contributed by atoms with Gasteiger partial charge < -0.3 is 4.74 Å². The fourth-order valence-electron chi connectivity index (χ4n) is 3.19. The normalized spacial score (nSPS) is 15.6. The molecule has 1 aliphatic rings. The quantitative estimate of drug-likeness (QED) is 0.618. The van der Waals surface area contributed by atoms with Gasteiger partial charge in [0.15, 0.2) is 0 Å². The van der Waals surface area contributed by atoms with Gasteiger partial charge in [-0.15, -0.1) is 11.3 Å². The predicted octanol–water partition coefficient (Wildman–Crippen LogP) is 3.62. The molecular formula is C21H22N2O3S2. The molecule has 7 heteroatoms. The Morgan fingerprint density at radius 2 is 1.68 bits per heavy atom. The van der Waals surface area contributed by atoms with E-state index in [1.54, 1.807) is 23.5 Å². The first kappa shape index (κ1) is 19.3. The highest BCUT2D eigenvalue weighted by Gasteiger charge is 2.26. The average Bonchev–Trinajstić information content (AvgIpc) is 3.23. The Morgan fingerprint density at radius 3 is 2.39 bits per heavy atom. The van der Waals surface area contributed by atoms with Crippen LogP contribution in [0.1, 0.15) is 10.6 Å². The molecule has 0 spiro atoms. The number of benzene rings is 2. The maximum atomic E-state index is 12.7. The van der Waals surface area contributed by atoms with Crippen LogP contribution in [0.5, 0.6) is 0 Å². The lowest BCUT2D eigenvalue weighted by Gasteiger charge is -2.26. The maximum Gasteiger partial charge on any atom is 0.243 e. The topological polar surface area (TPSA) is 59.5 Å². The number of aromatic nitrogens is 1. The third kappa shape index (κ3) is 4.33. The fraction of sp³-hybridized carbons (Fsp3) is 0.286. The predicted molar refractivity (Wildman–Crippen MR) is 111 cm³/mol. The van der Waals surface area contributed by atoms with Crippen LogP contribution in [0, 0.1) is 0 Å². The molecule has 3 aromatic rings. The highest BCUT2D eigenvalue weighted by molar-refractivity contribution is 7.89. The largest absolute Gasteiger partial charge is 0.379 e. The van der Waals surface area contributed by atoms with Gasteiger partial charge in [-0.3, -0.25) is 0 Å². The number of aryl methyl sites for hydroxylation is 2. The van der Waals surface area contributed by atoms with Gasteiger partial charge in [-0.25, -0.2) is 13.4 Å². The molecule has 4 rings (SSSR count). The number of rotatable bonds is 6. The van der Waals surface area contributed by atoms with Crippen LogP contribution in [0.3, 0.4) is 0 Å². The minimum atomic E-state index is -3.46. The molecule has 0 radical (unpaired) electrons. The van der Waals surface area contributed by atoms with E-state index in [4.69, 9.17) is 9.72 Å². The molecule has 28 heavy (non-hydrogen) atoms. The van der Waals surface area contributed by atoms with Crippen molar-refractivity contribution in [1.82, 2.24) is 9.29 Å². The molecule has 0 saturated carbocycles. The van der Waals surface area contributed by atoms with Crippen LogP contribution in [0.25, 0.3) is 11.3 Å². The van der Waals surface area contributed by atoms with Crippen molar-refractivity contribution in [2.45, 2.75) is 17.7 Å². The summed E-state index contributed by atoms with van der Waals surface area (Å²) in [5.41, 5.74) is 3.13. The zero-order valence-electron chi connectivity index (χ0n) is 15.5. The summed E-state index contributed by atoms with van der Waals surface area (Å²) in [4.78, 5) is 5.04. The van der Waals surface area contributed by atoms with Gasteiger partial charge >= 0.3 is 0 Å². The zero-order chi connectivity index (χ0) is 19.4. The van der Waals surface area contributed by atoms with E-state index in [1.165, 1.54) is 9.87 Å². The summed E-state index contributed by atoms with van der Waals surface area (Å²) in [5.74, 6) is 0. The van der Waals surface area contributed by atoms with Crippen LogP contribution < -0.4 is 0 Å². The second kappa shape index (κ2) is 8.53. The lowest BCUT2D eigenvalue weighted by molar-refractivity contribution is 0.0730. The van der Waals surface area contributed by atoms with Crippen molar-refractivity contribution < 1.29 is 13.2 Å². The molecule has 1 aliphatic heterocycles. The summed E-state index contributed by atoms with van der Waals surface area (Å²) >= 11 is 1.64. The third-order valence-corrected chi connectivity index (χ3v) is 7.60. The van der Waals surface area contributed by atoms with Crippen LogP contribution in [-0.2, 0) is 27.6 Å². The van der Waals surface area contributed by atoms with Crippen LogP contribution in [0.15, 0.2) is 64.9 Å². The smallest absolute Gasteiger partial charge is 0.243 e. The first-order chi connectivity index (χ1) is 13.6. The summed E-state index contributed by atoms with van der Waals surface area (Å²) in [6.07, 6.45) is 1.86. The maximum absolute atomic E-state index is 12.7. The van der Waals surface area contributed by atoms with Gasteiger partial charge in [-0.05, 0) is 24.1 Å². The molecule has 1 aromatic heterocycles. The number of hydrogen-bond acceptors (Lipinski definition) is 5. The zero-order valence-corrected chi connectivity index (χ0v) is 17.1. The number of morpholine rings is 1. The van der Waals surface area contributed by atoms with Crippen molar-refractivity contribution in [3.05, 3.63) is 70.5 Å². The number of sulfonamides is 1.